The molecule has 0 unspecified atom stereocenters. The minimum atomic E-state index is 0. The monoisotopic (exact) mass is 326 g/mol. The van der Waals surface area contributed by atoms with E-state index in [2.05, 4.69) is 24.5 Å². The standard InChI is InChI=1S/C17H26N2O2.ClH/c1-13(2)9-12-21-16-5-3-15(4-6-16)19-17(20)14-7-10-18-11-8-14;/h3-6,13-14,18H,7-12H2,1-2H3,(H,19,20);1H. The molecule has 0 radical (unpaired) electrons. The number of nitrogens with one attached hydrogen (secondary N) is 2. The molecule has 1 aromatic rings. The quantitative estimate of drug-likeness (QED) is 0.841. The van der Waals surface area contributed by atoms with E-state index in [4.69, 9.17) is 4.74 Å². The number of carbonyl (C=O) groups excluding carboxylic acids is 1. The molecule has 1 amide bonds. The first-order chi connectivity index (χ1) is 10.1. The van der Waals surface area contributed by atoms with Gasteiger partial charge in [-0.3, -0.25) is 4.79 Å². The van der Waals surface area contributed by atoms with E-state index >= 15 is 0 Å². The molecule has 2 N–H and O–H groups in total. The third-order valence-electron chi connectivity index (χ3n) is 3.80. The average molecular weight is 327 g/mol. The second-order valence-corrected chi connectivity index (χ2v) is 6.07. The summed E-state index contributed by atoms with van der Waals surface area (Å²) in [5.74, 6) is 1.77. The maximum atomic E-state index is 12.1. The summed E-state index contributed by atoms with van der Waals surface area (Å²) in [7, 11) is 0. The van der Waals surface area contributed by atoms with E-state index in [0.29, 0.717) is 5.92 Å². The van der Waals surface area contributed by atoms with Crippen LogP contribution >= 0.6 is 12.4 Å². The molecule has 1 aliphatic rings. The lowest BCUT2D eigenvalue weighted by molar-refractivity contribution is -0.120. The molecule has 1 aliphatic heterocycles. The molecule has 0 aromatic heterocycles. The van der Waals surface area contributed by atoms with Gasteiger partial charge in [0.25, 0.3) is 0 Å². The smallest absolute Gasteiger partial charge is 0.227 e. The molecule has 0 aliphatic carbocycles. The Kier molecular flexibility index (Phi) is 8.28. The molecule has 0 spiro atoms. The van der Waals surface area contributed by atoms with Crippen molar-refractivity contribution in [2.45, 2.75) is 33.1 Å². The van der Waals surface area contributed by atoms with Gasteiger partial charge in [-0.05, 0) is 62.5 Å². The van der Waals surface area contributed by atoms with Crippen molar-refractivity contribution in [1.82, 2.24) is 5.32 Å². The van der Waals surface area contributed by atoms with Crippen LogP contribution in [0.4, 0.5) is 5.69 Å². The largest absolute Gasteiger partial charge is 0.494 e. The number of hydrogen-bond acceptors (Lipinski definition) is 3. The van der Waals surface area contributed by atoms with E-state index in [1.165, 1.54) is 0 Å². The third kappa shape index (κ3) is 6.24. The molecule has 1 fully saturated rings. The predicted molar refractivity (Wildman–Crippen MR) is 92.9 cm³/mol. The Morgan fingerprint density at radius 1 is 1.27 bits per heavy atom. The molecule has 0 atom stereocenters. The third-order valence-corrected chi connectivity index (χ3v) is 3.80. The van der Waals surface area contributed by atoms with E-state index in [0.717, 1.165) is 50.4 Å². The summed E-state index contributed by atoms with van der Waals surface area (Å²) in [4.78, 5) is 12.1. The van der Waals surface area contributed by atoms with Crippen LogP contribution in [-0.2, 0) is 4.79 Å². The van der Waals surface area contributed by atoms with Gasteiger partial charge in [-0.2, -0.15) is 0 Å². The first-order valence-electron chi connectivity index (χ1n) is 7.89. The molecule has 1 aromatic carbocycles. The van der Waals surface area contributed by atoms with Crippen molar-refractivity contribution in [2.75, 3.05) is 25.0 Å². The van der Waals surface area contributed by atoms with Crippen LogP contribution in [-0.4, -0.2) is 25.6 Å². The molecule has 1 saturated heterocycles. The van der Waals surface area contributed by atoms with Gasteiger partial charge in [0.15, 0.2) is 0 Å². The Bertz CT molecular complexity index is 442. The van der Waals surface area contributed by atoms with Crippen LogP contribution in [0.5, 0.6) is 5.75 Å². The van der Waals surface area contributed by atoms with Crippen LogP contribution in [0.3, 0.4) is 0 Å². The van der Waals surface area contributed by atoms with Gasteiger partial charge in [0.2, 0.25) is 5.91 Å². The Balaban J connectivity index is 0.00000242. The van der Waals surface area contributed by atoms with Crippen molar-refractivity contribution in [3.8, 4) is 5.75 Å². The highest BCUT2D eigenvalue weighted by Gasteiger charge is 2.20. The van der Waals surface area contributed by atoms with Crippen molar-refractivity contribution in [1.29, 1.82) is 0 Å². The van der Waals surface area contributed by atoms with Gasteiger partial charge in [-0.15, -0.1) is 12.4 Å². The molecule has 1 heterocycles. The molecule has 124 valence electrons. The first-order valence-corrected chi connectivity index (χ1v) is 7.89. The van der Waals surface area contributed by atoms with Gasteiger partial charge >= 0.3 is 0 Å². The average Bonchev–Trinajstić information content (AvgIpc) is 2.49. The normalized spacial score (nSPS) is 15.2. The van der Waals surface area contributed by atoms with Gasteiger partial charge < -0.3 is 15.4 Å². The van der Waals surface area contributed by atoms with E-state index in [1.807, 2.05) is 24.3 Å². The minimum absolute atomic E-state index is 0. The van der Waals surface area contributed by atoms with Gasteiger partial charge in [-0.25, -0.2) is 0 Å². The van der Waals surface area contributed by atoms with Crippen LogP contribution in [0.15, 0.2) is 24.3 Å². The summed E-state index contributed by atoms with van der Waals surface area (Å²) in [6.07, 6.45) is 2.89. The number of hydrogen-bond donors (Lipinski definition) is 2. The minimum Gasteiger partial charge on any atom is -0.494 e. The lowest BCUT2D eigenvalue weighted by atomic mass is 9.97. The van der Waals surface area contributed by atoms with Crippen molar-refractivity contribution in [2.24, 2.45) is 11.8 Å². The van der Waals surface area contributed by atoms with Crippen LogP contribution in [0.2, 0.25) is 0 Å². The highest BCUT2D eigenvalue weighted by molar-refractivity contribution is 5.92. The van der Waals surface area contributed by atoms with Gasteiger partial charge in [0.05, 0.1) is 6.61 Å². The van der Waals surface area contributed by atoms with E-state index in [1.54, 1.807) is 0 Å². The fourth-order valence-electron chi connectivity index (χ4n) is 2.38. The van der Waals surface area contributed by atoms with Crippen LogP contribution in [0.1, 0.15) is 33.1 Å². The zero-order chi connectivity index (χ0) is 15.1. The second kappa shape index (κ2) is 9.70. The summed E-state index contributed by atoms with van der Waals surface area (Å²) >= 11 is 0. The SMILES string of the molecule is CC(C)CCOc1ccc(NC(=O)C2CCNCC2)cc1.Cl. The number of piperidine rings is 1. The summed E-state index contributed by atoms with van der Waals surface area (Å²) in [6, 6.07) is 7.64. The zero-order valence-electron chi connectivity index (χ0n) is 13.4. The summed E-state index contributed by atoms with van der Waals surface area (Å²) in [5.41, 5.74) is 0.842. The number of anilines is 1. The van der Waals surface area contributed by atoms with Crippen LogP contribution in [0, 0.1) is 11.8 Å². The fraction of sp³-hybridized carbons (Fsp3) is 0.588. The van der Waals surface area contributed by atoms with Gasteiger partial charge in [0.1, 0.15) is 5.75 Å². The van der Waals surface area contributed by atoms with Crippen molar-refractivity contribution < 1.29 is 9.53 Å². The highest BCUT2D eigenvalue weighted by Crippen LogP contribution is 2.19. The fourth-order valence-corrected chi connectivity index (χ4v) is 2.38. The number of carbonyl (C=O) groups is 1. The Morgan fingerprint density at radius 3 is 2.50 bits per heavy atom. The number of benzene rings is 1. The molecule has 5 heteroatoms. The van der Waals surface area contributed by atoms with Crippen LogP contribution < -0.4 is 15.4 Å². The molecular formula is C17H27ClN2O2. The maximum Gasteiger partial charge on any atom is 0.227 e. The topological polar surface area (TPSA) is 50.4 Å². The van der Waals surface area contributed by atoms with Crippen molar-refractivity contribution >= 4 is 24.0 Å². The molecule has 0 bridgehead atoms. The lowest BCUT2D eigenvalue weighted by Crippen LogP contribution is -2.34. The van der Waals surface area contributed by atoms with Gasteiger partial charge in [0, 0.05) is 11.6 Å². The summed E-state index contributed by atoms with van der Waals surface area (Å²) < 4.78 is 5.67. The van der Waals surface area contributed by atoms with Gasteiger partial charge in [-0.1, -0.05) is 13.8 Å². The van der Waals surface area contributed by atoms with E-state index in [9.17, 15) is 4.79 Å². The summed E-state index contributed by atoms with van der Waals surface area (Å²) in [6.45, 7) is 6.96. The molecule has 0 saturated carbocycles. The lowest BCUT2D eigenvalue weighted by Gasteiger charge is -2.21. The highest BCUT2D eigenvalue weighted by atomic mass is 35.5. The van der Waals surface area contributed by atoms with Crippen LogP contribution in [0.25, 0.3) is 0 Å². The molecule has 4 nitrogen and oxygen atoms in total. The molecule has 2 rings (SSSR count). The Morgan fingerprint density at radius 2 is 1.91 bits per heavy atom. The Labute approximate surface area is 139 Å². The Hall–Kier alpha value is -1.26. The van der Waals surface area contributed by atoms with Crippen molar-refractivity contribution in [3.05, 3.63) is 24.3 Å². The zero-order valence-corrected chi connectivity index (χ0v) is 14.2. The second-order valence-electron chi connectivity index (χ2n) is 6.07. The molecule has 22 heavy (non-hydrogen) atoms. The van der Waals surface area contributed by atoms with E-state index in [-0.39, 0.29) is 24.2 Å². The maximum absolute atomic E-state index is 12.1. The number of rotatable bonds is 6. The predicted octanol–water partition coefficient (Wildman–Crippen LogP) is 3.47. The first kappa shape index (κ1) is 18.8. The molecular weight excluding hydrogens is 300 g/mol. The number of ether oxygens (including phenoxy) is 1. The number of halogens is 1. The van der Waals surface area contributed by atoms with E-state index < -0.39 is 0 Å². The summed E-state index contributed by atoms with van der Waals surface area (Å²) in [5, 5.41) is 6.26. The number of amides is 1. The van der Waals surface area contributed by atoms with Crippen molar-refractivity contribution in [3.63, 3.8) is 0 Å².